The van der Waals surface area contributed by atoms with E-state index in [1.165, 1.54) is 25.6 Å². The summed E-state index contributed by atoms with van der Waals surface area (Å²) in [5, 5.41) is 17.1. The molecule has 0 aliphatic carbocycles. The molecule has 4 heterocycles. The topological polar surface area (TPSA) is 84.4 Å². The molecule has 1 amide bonds. The Hall–Kier alpha value is -2.17. The van der Waals surface area contributed by atoms with E-state index in [1.807, 2.05) is 19.9 Å². The highest BCUT2D eigenvalue weighted by atomic mass is 32.1. The minimum atomic E-state index is -0.249. The molecule has 1 aliphatic rings. The molecule has 144 valence electrons. The van der Waals surface area contributed by atoms with E-state index in [-0.39, 0.29) is 18.0 Å². The normalized spacial score (nSPS) is 16.7. The number of aromatic nitrogens is 3. The third-order valence-electron chi connectivity index (χ3n) is 4.74. The molecular formula is C17H22N5O3S2+. The van der Waals surface area contributed by atoms with Crippen LogP contribution in [0.3, 0.4) is 0 Å². The first kappa shape index (κ1) is 18.2. The second-order valence-electron chi connectivity index (χ2n) is 6.44. The summed E-state index contributed by atoms with van der Waals surface area (Å²) in [6.07, 6.45) is -0.249. The highest BCUT2D eigenvalue weighted by Crippen LogP contribution is 2.36. The van der Waals surface area contributed by atoms with Crippen molar-refractivity contribution in [2.45, 2.75) is 19.9 Å². The Morgan fingerprint density at radius 1 is 1.44 bits per heavy atom. The zero-order valence-corrected chi connectivity index (χ0v) is 16.8. The van der Waals surface area contributed by atoms with Gasteiger partial charge in [0, 0.05) is 0 Å². The van der Waals surface area contributed by atoms with Gasteiger partial charge in [0.15, 0.2) is 6.04 Å². The second-order valence-corrected chi connectivity index (χ2v) is 8.42. The van der Waals surface area contributed by atoms with Crippen LogP contribution in [0.25, 0.3) is 4.96 Å². The zero-order chi connectivity index (χ0) is 19.0. The van der Waals surface area contributed by atoms with Gasteiger partial charge in [-0.25, -0.2) is 9.78 Å². The molecule has 0 unspecified atom stereocenters. The molecule has 0 aromatic carbocycles. The number of amides is 1. The molecule has 0 spiro atoms. The lowest BCUT2D eigenvalue weighted by Crippen LogP contribution is -3.15. The van der Waals surface area contributed by atoms with Crippen LogP contribution in [-0.2, 0) is 4.74 Å². The minimum absolute atomic E-state index is 0.00292. The number of carbonyl (C=O) groups excluding carboxylic acids is 1. The Balaban J connectivity index is 1.62. The van der Waals surface area contributed by atoms with Gasteiger partial charge in [0.05, 0.1) is 37.7 Å². The van der Waals surface area contributed by atoms with Crippen molar-refractivity contribution in [3.8, 4) is 5.88 Å². The lowest BCUT2D eigenvalue weighted by atomic mass is 10.1. The number of rotatable bonds is 4. The van der Waals surface area contributed by atoms with E-state index < -0.39 is 0 Å². The van der Waals surface area contributed by atoms with Crippen LogP contribution in [-0.4, -0.2) is 63.5 Å². The molecule has 8 nitrogen and oxygen atoms in total. The van der Waals surface area contributed by atoms with Gasteiger partial charge in [0.25, 0.3) is 0 Å². The molecule has 3 aromatic rings. The zero-order valence-electron chi connectivity index (χ0n) is 15.2. The van der Waals surface area contributed by atoms with Crippen molar-refractivity contribution >= 4 is 33.7 Å². The predicted octanol–water partition coefficient (Wildman–Crippen LogP) is 1.31. The van der Waals surface area contributed by atoms with Crippen LogP contribution in [0.5, 0.6) is 5.88 Å². The van der Waals surface area contributed by atoms with Crippen molar-refractivity contribution in [1.82, 2.24) is 19.5 Å². The van der Waals surface area contributed by atoms with E-state index >= 15 is 0 Å². The number of quaternary nitrogens is 1. The SMILES string of the molecule is CCOC(=O)N1CC[NH+]([C@H](c2cccs2)c2sc3nc(C)nn3c2O)CC1. The van der Waals surface area contributed by atoms with Crippen LogP contribution in [0.4, 0.5) is 4.79 Å². The number of nitrogens with one attached hydrogen (secondary N) is 1. The average Bonchev–Trinajstić information content (AvgIpc) is 3.36. The Kier molecular flexibility index (Phi) is 5.02. The fraction of sp³-hybridized carbons (Fsp3) is 0.471. The van der Waals surface area contributed by atoms with Crippen molar-refractivity contribution in [2.24, 2.45) is 0 Å². The third-order valence-corrected chi connectivity index (χ3v) is 6.76. The number of fused-ring (bicyclic) bond motifs is 1. The summed E-state index contributed by atoms with van der Waals surface area (Å²) in [7, 11) is 0. The molecule has 3 aromatic heterocycles. The number of hydrogen-bond donors (Lipinski definition) is 2. The number of carbonyl (C=O) groups is 1. The lowest BCUT2D eigenvalue weighted by Gasteiger charge is -2.35. The van der Waals surface area contributed by atoms with Gasteiger partial charge in [-0.05, 0) is 25.3 Å². The highest BCUT2D eigenvalue weighted by molar-refractivity contribution is 7.17. The number of thiazole rings is 1. The summed E-state index contributed by atoms with van der Waals surface area (Å²) >= 11 is 3.16. The first-order chi connectivity index (χ1) is 13.1. The largest absolute Gasteiger partial charge is 0.492 e. The second kappa shape index (κ2) is 7.45. The summed E-state index contributed by atoms with van der Waals surface area (Å²) in [5.74, 6) is 0.806. The molecule has 4 rings (SSSR count). The van der Waals surface area contributed by atoms with Gasteiger partial charge in [0.1, 0.15) is 10.7 Å². The fourth-order valence-electron chi connectivity index (χ4n) is 3.49. The Labute approximate surface area is 164 Å². The van der Waals surface area contributed by atoms with Crippen molar-refractivity contribution in [1.29, 1.82) is 0 Å². The Bertz CT molecular complexity index is 928. The molecule has 27 heavy (non-hydrogen) atoms. The predicted molar refractivity (Wildman–Crippen MR) is 103 cm³/mol. The maximum atomic E-state index is 12.0. The molecule has 1 saturated heterocycles. The molecule has 1 aliphatic heterocycles. The molecule has 1 fully saturated rings. The van der Waals surface area contributed by atoms with E-state index in [2.05, 4.69) is 21.5 Å². The molecule has 0 bridgehead atoms. The number of piperazine rings is 1. The number of thiophene rings is 1. The summed E-state index contributed by atoms with van der Waals surface area (Å²) in [6.45, 7) is 6.86. The van der Waals surface area contributed by atoms with E-state index in [4.69, 9.17) is 4.74 Å². The fourth-order valence-corrected chi connectivity index (χ4v) is 5.63. The quantitative estimate of drug-likeness (QED) is 0.680. The van der Waals surface area contributed by atoms with E-state index in [0.29, 0.717) is 30.5 Å². The van der Waals surface area contributed by atoms with Crippen molar-refractivity contribution in [2.75, 3.05) is 32.8 Å². The Morgan fingerprint density at radius 2 is 2.22 bits per heavy atom. The van der Waals surface area contributed by atoms with Crippen molar-refractivity contribution < 1.29 is 19.5 Å². The number of ether oxygens (including phenoxy) is 1. The van der Waals surface area contributed by atoms with Gasteiger partial charge in [-0.15, -0.1) is 16.4 Å². The average molecular weight is 409 g/mol. The number of nitrogens with zero attached hydrogens (tertiary/aromatic N) is 4. The molecule has 0 saturated carbocycles. The summed E-state index contributed by atoms with van der Waals surface area (Å²) in [4.78, 5) is 22.2. The van der Waals surface area contributed by atoms with Crippen LogP contribution in [0.15, 0.2) is 17.5 Å². The first-order valence-electron chi connectivity index (χ1n) is 8.93. The van der Waals surface area contributed by atoms with E-state index in [9.17, 15) is 9.90 Å². The van der Waals surface area contributed by atoms with Gasteiger partial charge < -0.3 is 14.7 Å². The molecule has 0 radical (unpaired) electrons. The van der Waals surface area contributed by atoms with Gasteiger partial charge in [-0.3, -0.25) is 4.90 Å². The van der Waals surface area contributed by atoms with Gasteiger partial charge >= 0.3 is 6.09 Å². The molecule has 2 N–H and O–H groups in total. The number of aromatic hydroxyl groups is 1. The van der Waals surface area contributed by atoms with Crippen LogP contribution in [0, 0.1) is 6.92 Å². The maximum absolute atomic E-state index is 12.0. The molecule has 1 atom stereocenters. The van der Waals surface area contributed by atoms with E-state index in [1.54, 1.807) is 16.2 Å². The highest BCUT2D eigenvalue weighted by Gasteiger charge is 2.36. The van der Waals surface area contributed by atoms with Crippen LogP contribution in [0.2, 0.25) is 0 Å². The van der Waals surface area contributed by atoms with Gasteiger partial charge in [0.2, 0.25) is 10.8 Å². The molecule has 10 heteroatoms. The number of hydrogen-bond acceptors (Lipinski definition) is 7. The first-order valence-corrected chi connectivity index (χ1v) is 10.6. The van der Waals surface area contributed by atoms with Gasteiger partial charge in [-0.1, -0.05) is 17.4 Å². The Morgan fingerprint density at radius 3 is 2.85 bits per heavy atom. The summed E-state index contributed by atoms with van der Waals surface area (Å²) in [5.41, 5.74) is 0. The van der Waals surface area contributed by atoms with Crippen LogP contribution >= 0.6 is 22.7 Å². The number of aryl methyl sites for hydroxylation is 1. The standard InChI is InChI=1S/C17H21N5O3S2/c1-3-25-17(24)21-8-6-20(7-9-21)13(12-5-4-10-26-12)14-15(23)22-16(27-14)18-11(2)19-22/h4-5,10,13,23H,3,6-9H2,1-2H3/p+1/t13-/m1/s1. The summed E-state index contributed by atoms with van der Waals surface area (Å²) in [6, 6.07) is 4.13. The van der Waals surface area contributed by atoms with Crippen LogP contribution < -0.4 is 4.90 Å². The van der Waals surface area contributed by atoms with E-state index in [0.717, 1.165) is 18.0 Å². The smallest absolute Gasteiger partial charge is 0.410 e. The third kappa shape index (κ3) is 3.40. The minimum Gasteiger partial charge on any atom is -0.492 e. The van der Waals surface area contributed by atoms with Gasteiger partial charge in [-0.2, -0.15) is 4.52 Å². The monoisotopic (exact) mass is 408 g/mol. The van der Waals surface area contributed by atoms with Crippen molar-refractivity contribution in [3.63, 3.8) is 0 Å². The maximum Gasteiger partial charge on any atom is 0.410 e. The van der Waals surface area contributed by atoms with Crippen molar-refractivity contribution in [3.05, 3.63) is 33.1 Å². The summed E-state index contributed by atoms with van der Waals surface area (Å²) < 4.78 is 6.63. The van der Waals surface area contributed by atoms with Crippen LogP contribution in [0.1, 0.15) is 28.5 Å². The lowest BCUT2D eigenvalue weighted by molar-refractivity contribution is -0.928. The molecular weight excluding hydrogens is 386 g/mol.